The van der Waals surface area contributed by atoms with Gasteiger partial charge in [0.2, 0.25) is 0 Å². The lowest BCUT2D eigenvalue weighted by Gasteiger charge is -2.39. The fourth-order valence-corrected chi connectivity index (χ4v) is 4.57. The molecule has 4 rings (SSSR count). The van der Waals surface area contributed by atoms with Crippen molar-refractivity contribution < 1.29 is 19.0 Å². The van der Waals surface area contributed by atoms with Gasteiger partial charge in [-0.15, -0.1) is 0 Å². The maximum Gasteiger partial charge on any atom is 0.252 e. The van der Waals surface area contributed by atoms with Crippen LogP contribution in [0.5, 0.6) is 5.75 Å². The predicted molar refractivity (Wildman–Crippen MR) is 108 cm³/mol. The fourth-order valence-electron chi connectivity index (χ4n) is 4.57. The molecule has 2 fully saturated rings. The number of hydrogen-bond acceptors (Lipinski definition) is 4. The van der Waals surface area contributed by atoms with Crippen LogP contribution in [0.4, 0.5) is 0 Å². The van der Waals surface area contributed by atoms with Gasteiger partial charge in [-0.3, -0.25) is 4.79 Å². The molecule has 28 heavy (non-hydrogen) atoms. The Balaban J connectivity index is 1.53. The Labute approximate surface area is 168 Å². The zero-order valence-corrected chi connectivity index (χ0v) is 17.0. The second kappa shape index (κ2) is 9.27. The Morgan fingerprint density at radius 3 is 2.79 bits per heavy atom. The Hall–Kier alpha value is -1.59. The van der Waals surface area contributed by atoms with Crippen molar-refractivity contribution in [3.63, 3.8) is 0 Å². The molecular weight excluding hydrogens is 354 g/mol. The van der Waals surface area contributed by atoms with Gasteiger partial charge in [0.1, 0.15) is 11.9 Å². The van der Waals surface area contributed by atoms with Crippen LogP contribution in [0, 0.1) is 0 Å². The van der Waals surface area contributed by atoms with Crippen LogP contribution in [0.3, 0.4) is 0 Å². The number of carbonyl (C=O) groups excluding carboxylic acids is 1. The highest BCUT2D eigenvalue weighted by molar-refractivity contribution is 5.82. The molecule has 1 aromatic carbocycles. The number of ether oxygens (including phenoxy) is 3. The van der Waals surface area contributed by atoms with Gasteiger partial charge in [-0.25, -0.2) is 0 Å². The third kappa shape index (κ3) is 4.52. The Morgan fingerprint density at radius 2 is 2.04 bits per heavy atom. The number of methoxy groups -OCH3 is 1. The Kier molecular flexibility index (Phi) is 6.53. The van der Waals surface area contributed by atoms with E-state index in [0.29, 0.717) is 19.3 Å². The average Bonchev–Trinajstić information content (AvgIpc) is 3.57. The molecule has 3 aliphatic rings. The molecule has 1 heterocycles. The van der Waals surface area contributed by atoms with Crippen molar-refractivity contribution in [1.82, 2.24) is 4.90 Å². The van der Waals surface area contributed by atoms with E-state index in [1.54, 1.807) is 7.11 Å². The quantitative estimate of drug-likeness (QED) is 0.632. The molecule has 1 saturated carbocycles. The first-order chi connectivity index (χ1) is 13.8. The average molecular weight is 388 g/mol. The summed E-state index contributed by atoms with van der Waals surface area (Å²) in [6.45, 7) is 2.08. The molecular formula is C23H33NO4. The van der Waals surface area contributed by atoms with E-state index in [9.17, 15) is 4.79 Å². The minimum atomic E-state index is -0.242. The number of amides is 1. The van der Waals surface area contributed by atoms with Gasteiger partial charge in [0.25, 0.3) is 5.91 Å². The fraction of sp³-hybridized carbons (Fsp3) is 0.696. The third-order valence-electron chi connectivity index (χ3n) is 6.15. The lowest BCUT2D eigenvalue weighted by molar-refractivity contribution is -0.150. The molecule has 0 aromatic heterocycles. The van der Waals surface area contributed by atoms with Gasteiger partial charge in [0.05, 0.1) is 12.6 Å². The van der Waals surface area contributed by atoms with Crippen molar-refractivity contribution in [3.05, 3.63) is 29.3 Å². The van der Waals surface area contributed by atoms with Crippen molar-refractivity contribution in [2.45, 2.75) is 76.0 Å². The highest BCUT2D eigenvalue weighted by Gasteiger charge is 2.42. The summed E-state index contributed by atoms with van der Waals surface area (Å²) in [4.78, 5) is 15.6. The monoisotopic (exact) mass is 387 g/mol. The molecule has 1 aromatic rings. The molecule has 5 nitrogen and oxygen atoms in total. The third-order valence-corrected chi connectivity index (χ3v) is 6.15. The minimum absolute atomic E-state index is 0.164. The van der Waals surface area contributed by atoms with Crippen LogP contribution in [0.2, 0.25) is 0 Å². The highest BCUT2D eigenvalue weighted by atomic mass is 16.5. The van der Waals surface area contributed by atoms with E-state index in [4.69, 9.17) is 14.2 Å². The molecule has 2 atom stereocenters. The second-order valence-corrected chi connectivity index (χ2v) is 8.30. The Morgan fingerprint density at radius 1 is 1.14 bits per heavy atom. The molecule has 0 unspecified atom stereocenters. The van der Waals surface area contributed by atoms with Crippen molar-refractivity contribution in [2.75, 3.05) is 26.9 Å². The lowest BCUT2D eigenvalue weighted by atomic mass is 9.86. The van der Waals surface area contributed by atoms with Crippen LogP contribution in [-0.4, -0.2) is 49.9 Å². The molecule has 0 radical (unpaired) electrons. The van der Waals surface area contributed by atoms with E-state index in [2.05, 4.69) is 23.1 Å². The molecule has 0 N–H and O–H groups in total. The van der Waals surface area contributed by atoms with Gasteiger partial charge in [-0.2, -0.15) is 0 Å². The number of nitrogens with zero attached hydrogens (tertiary/aromatic N) is 1. The summed E-state index contributed by atoms with van der Waals surface area (Å²) in [7, 11) is 1.71. The van der Waals surface area contributed by atoms with Crippen LogP contribution in [-0.2, 0) is 20.7 Å². The largest absolute Gasteiger partial charge is 0.493 e. The molecule has 2 aliphatic carbocycles. The van der Waals surface area contributed by atoms with Crippen molar-refractivity contribution in [2.24, 2.45) is 0 Å². The number of aryl methyl sites for hydroxylation is 1. The molecule has 0 bridgehead atoms. The first kappa shape index (κ1) is 19.7. The standard InChI is InChI=1S/C23H33NO4/c1-26-13-5-15-27-19-12-9-17-6-4-7-21(20(17)16-19)24(18-10-11-18)23(25)22-8-2-3-14-28-22/h9,12,16,18,21-22H,2-8,10-11,13-15H2,1H3/t21-,22-/m1/s1. The topological polar surface area (TPSA) is 48.0 Å². The van der Waals surface area contributed by atoms with E-state index in [1.165, 1.54) is 11.1 Å². The molecule has 0 spiro atoms. The smallest absolute Gasteiger partial charge is 0.252 e. The van der Waals surface area contributed by atoms with E-state index < -0.39 is 0 Å². The van der Waals surface area contributed by atoms with Crippen molar-refractivity contribution in [3.8, 4) is 5.75 Å². The molecule has 1 amide bonds. The van der Waals surface area contributed by atoms with Gasteiger partial charge < -0.3 is 19.1 Å². The van der Waals surface area contributed by atoms with E-state index >= 15 is 0 Å². The molecule has 154 valence electrons. The van der Waals surface area contributed by atoms with Crippen LogP contribution >= 0.6 is 0 Å². The summed E-state index contributed by atoms with van der Waals surface area (Å²) in [6, 6.07) is 7.00. The number of carbonyl (C=O) groups is 1. The van der Waals surface area contributed by atoms with Crippen LogP contribution in [0.15, 0.2) is 18.2 Å². The Bertz CT molecular complexity index is 667. The second-order valence-electron chi connectivity index (χ2n) is 8.30. The van der Waals surface area contributed by atoms with E-state index in [-0.39, 0.29) is 18.1 Å². The van der Waals surface area contributed by atoms with Crippen LogP contribution in [0.25, 0.3) is 0 Å². The van der Waals surface area contributed by atoms with Gasteiger partial charge in [-0.05, 0) is 74.6 Å². The van der Waals surface area contributed by atoms with Crippen molar-refractivity contribution in [1.29, 1.82) is 0 Å². The van der Waals surface area contributed by atoms with Gasteiger partial charge in [0.15, 0.2) is 0 Å². The number of fused-ring (bicyclic) bond motifs is 1. The van der Waals surface area contributed by atoms with Gasteiger partial charge in [-0.1, -0.05) is 6.07 Å². The summed E-state index contributed by atoms with van der Waals surface area (Å²) >= 11 is 0. The maximum atomic E-state index is 13.4. The maximum absolute atomic E-state index is 13.4. The lowest BCUT2D eigenvalue weighted by Crippen LogP contribution is -2.45. The highest BCUT2D eigenvalue weighted by Crippen LogP contribution is 2.42. The first-order valence-corrected chi connectivity index (χ1v) is 11.0. The van der Waals surface area contributed by atoms with Crippen LogP contribution in [0.1, 0.15) is 68.5 Å². The zero-order valence-electron chi connectivity index (χ0n) is 17.0. The number of rotatable bonds is 8. The van der Waals surface area contributed by atoms with Gasteiger partial charge >= 0.3 is 0 Å². The predicted octanol–water partition coefficient (Wildman–Crippen LogP) is 4.04. The molecule has 1 saturated heterocycles. The summed E-state index contributed by atoms with van der Waals surface area (Å²) < 4.78 is 16.9. The summed E-state index contributed by atoms with van der Waals surface area (Å²) in [5, 5.41) is 0. The SMILES string of the molecule is COCCCOc1ccc2c(c1)[C@H](N(C(=O)[C@H]1CCCCO1)C1CC1)CCC2. The van der Waals surface area contributed by atoms with E-state index in [1.807, 2.05) is 0 Å². The minimum Gasteiger partial charge on any atom is -0.493 e. The zero-order chi connectivity index (χ0) is 19.3. The van der Waals surface area contributed by atoms with Crippen molar-refractivity contribution >= 4 is 5.91 Å². The molecule has 1 aliphatic heterocycles. The normalized spacial score (nSPS) is 24.5. The number of hydrogen-bond donors (Lipinski definition) is 0. The summed E-state index contributed by atoms with van der Waals surface area (Å²) in [6.07, 6.45) is 9.17. The van der Waals surface area contributed by atoms with Crippen LogP contribution < -0.4 is 4.74 Å². The van der Waals surface area contributed by atoms with E-state index in [0.717, 1.165) is 70.1 Å². The summed E-state index contributed by atoms with van der Waals surface area (Å²) in [5.41, 5.74) is 2.65. The van der Waals surface area contributed by atoms with Gasteiger partial charge in [0, 0.05) is 32.8 Å². The summed E-state index contributed by atoms with van der Waals surface area (Å²) in [5.74, 6) is 1.12. The molecule has 5 heteroatoms. The number of benzene rings is 1. The first-order valence-electron chi connectivity index (χ1n) is 11.0.